The molecule has 0 aliphatic heterocycles. The first-order valence-corrected chi connectivity index (χ1v) is 23.0. The van der Waals surface area contributed by atoms with Gasteiger partial charge in [-0.1, -0.05) is 220 Å². The van der Waals surface area contributed by atoms with E-state index in [1.54, 1.807) is 0 Å². The lowest BCUT2D eigenvalue weighted by Crippen LogP contribution is -2.30. The fourth-order valence-corrected chi connectivity index (χ4v) is 6.85. The molecule has 52 heavy (non-hydrogen) atoms. The zero-order valence-corrected chi connectivity index (χ0v) is 35.1. The van der Waals surface area contributed by atoms with Crippen LogP contribution >= 0.6 is 0 Å². The van der Waals surface area contributed by atoms with Gasteiger partial charge < -0.3 is 14.2 Å². The maximum absolute atomic E-state index is 12.7. The predicted octanol–water partition coefficient (Wildman–Crippen LogP) is 14.5. The van der Waals surface area contributed by atoms with Gasteiger partial charge in [0.2, 0.25) is 0 Å². The average molecular weight is 737 g/mol. The number of ether oxygens (including phenoxy) is 3. The molecule has 0 saturated carbocycles. The van der Waals surface area contributed by atoms with Crippen LogP contribution < -0.4 is 0 Å². The Morgan fingerprint density at radius 3 is 0.769 bits per heavy atom. The minimum Gasteiger partial charge on any atom is -0.462 e. The van der Waals surface area contributed by atoms with E-state index >= 15 is 0 Å². The number of rotatable bonds is 42. The van der Waals surface area contributed by atoms with Crippen LogP contribution in [0.3, 0.4) is 0 Å². The van der Waals surface area contributed by atoms with Crippen molar-refractivity contribution in [3.8, 4) is 0 Å². The summed E-state index contributed by atoms with van der Waals surface area (Å²) in [5, 5.41) is 0. The van der Waals surface area contributed by atoms with Crippen LogP contribution in [0.1, 0.15) is 258 Å². The van der Waals surface area contributed by atoms with Gasteiger partial charge in [0.1, 0.15) is 13.2 Å². The molecule has 0 bridgehead atoms. The van der Waals surface area contributed by atoms with Crippen LogP contribution in [0.15, 0.2) is 0 Å². The molecule has 0 radical (unpaired) electrons. The van der Waals surface area contributed by atoms with E-state index in [9.17, 15) is 14.4 Å². The average Bonchev–Trinajstić information content (AvgIpc) is 3.14. The van der Waals surface area contributed by atoms with Gasteiger partial charge in [-0.3, -0.25) is 14.4 Å². The smallest absolute Gasteiger partial charge is 0.306 e. The molecule has 6 nitrogen and oxygen atoms in total. The van der Waals surface area contributed by atoms with Crippen molar-refractivity contribution in [1.29, 1.82) is 0 Å². The number of hydrogen-bond acceptors (Lipinski definition) is 6. The van der Waals surface area contributed by atoms with Gasteiger partial charge in [-0.2, -0.15) is 0 Å². The maximum atomic E-state index is 12.7. The highest BCUT2D eigenvalue weighted by Gasteiger charge is 2.19. The Bertz CT molecular complexity index is 768. The van der Waals surface area contributed by atoms with Gasteiger partial charge >= 0.3 is 17.9 Å². The SMILES string of the molecule is CCCCCCCCCCCCCCCC(=O)OC[C@H](COC(=O)CCCCCCCCCCC)OC(=O)CCCCCCCCCCCCCC. The van der Waals surface area contributed by atoms with Crippen molar-refractivity contribution in [2.24, 2.45) is 0 Å². The van der Waals surface area contributed by atoms with Crippen molar-refractivity contribution in [1.82, 2.24) is 0 Å². The summed E-state index contributed by atoms with van der Waals surface area (Å²) in [7, 11) is 0. The third kappa shape index (κ3) is 39.6. The molecule has 1 atom stereocenters. The summed E-state index contributed by atoms with van der Waals surface area (Å²) in [5.74, 6) is -0.853. The van der Waals surface area contributed by atoms with Crippen LogP contribution in [0, 0.1) is 0 Å². The van der Waals surface area contributed by atoms with E-state index in [-0.39, 0.29) is 31.1 Å². The molecule has 0 spiro atoms. The third-order valence-electron chi connectivity index (χ3n) is 10.4. The largest absolute Gasteiger partial charge is 0.462 e. The van der Waals surface area contributed by atoms with Crippen molar-refractivity contribution in [2.45, 2.75) is 264 Å². The Morgan fingerprint density at radius 2 is 0.519 bits per heavy atom. The lowest BCUT2D eigenvalue weighted by atomic mass is 10.0. The molecule has 308 valence electrons. The number of carbonyl (C=O) groups is 3. The molecule has 0 N–H and O–H groups in total. The van der Waals surface area contributed by atoms with Gasteiger partial charge in [0.05, 0.1) is 0 Å². The predicted molar refractivity (Wildman–Crippen MR) is 220 cm³/mol. The Morgan fingerprint density at radius 1 is 0.308 bits per heavy atom. The standard InChI is InChI=1S/C46H88O6/c1-4-7-10-13-16-19-21-23-25-27-30-33-36-39-45(48)51-42-43(41-50-44(47)38-35-32-29-26-18-15-12-9-6-3)52-46(49)40-37-34-31-28-24-22-20-17-14-11-8-5-2/h43H,4-42H2,1-3H3/t43-/m0/s1. The normalized spacial score (nSPS) is 11.8. The molecule has 0 unspecified atom stereocenters. The van der Waals surface area contributed by atoms with E-state index in [1.165, 1.54) is 161 Å². The first-order chi connectivity index (χ1) is 25.5. The highest BCUT2D eigenvalue weighted by molar-refractivity contribution is 5.71. The first kappa shape index (κ1) is 50.4. The Kier molecular flexibility index (Phi) is 40.9. The fraction of sp³-hybridized carbons (Fsp3) is 0.935. The van der Waals surface area contributed by atoms with Gasteiger partial charge in [0, 0.05) is 19.3 Å². The van der Waals surface area contributed by atoms with Crippen molar-refractivity contribution in [3.05, 3.63) is 0 Å². The summed E-state index contributed by atoms with van der Waals surface area (Å²) in [4.78, 5) is 37.6. The van der Waals surface area contributed by atoms with Crippen molar-refractivity contribution >= 4 is 17.9 Å². The number of esters is 3. The topological polar surface area (TPSA) is 78.9 Å². The summed E-state index contributed by atoms with van der Waals surface area (Å²) in [5.41, 5.74) is 0. The van der Waals surface area contributed by atoms with E-state index in [0.717, 1.165) is 57.8 Å². The summed E-state index contributed by atoms with van der Waals surface area (Å²) in [6.07, 6.45) is 42.2. The van der Waals surface area contributed by atoms with E-state index in [1.807, 2.05) is 0 Å². The maximum Gasteiger partial charge on any atom is 0.306 e. The third-order valence-corrected chi connectivity index (χ3v) is 10.4. The van der Waals surface area contributed by atoms with Gasteiger partial charge in [0.15, 0.2) is 6.10 Å². The van der Waals surface area contributed by atoms with Gasteiger partial charge in [-0.05, 0) is 19.3 Å². The first-order valence-electron chi connectivity index (χ1n) is 23.0. The minimum absolute atomic E-state index is 0.0627. The quantitative estimate of drug-likeness (QED) is 0.0353. The molecule has 0 saturated heterocycles. The molecular formula is C46H88O6. The fourth-order valence-electron chi connectivity index (χ4n) is 6.85. The second-order valence-electron chi connectivity index (χ2n) is 15.7. The lowest BCUT2D eigenvalue weighted by Gasteiger charge is -2.18. The van der Waals surface area contributed by atoms with Crippen molar-refractivity contribution in [2.75, 3.05) is 13.2 Å². The number of carbonyl (C=O) groups excluding carboxylic acids is 3. The Balaban J connectivity index is 4.30. The van der Waals surface area contributed by atoms with Gasteiger partial charge in [-0.25, -0.2) is 0 Å². The van der Waals surface area contributed by atoms with Crippen molar-refractivity contribution < 1.29 is 28.6 Å². The van der Waals surface area contributed by atoms with Crippen LogP contribution in [0.5, 0.6) is 0 Å². The van der Waals surface area contributed by atoms with Crippen LogP contribution in [0.2, 0.25) is 0 Å². The molecule has 0 rings (SSSR count). The minimum atomic E-state index is -0.757. The molecule has 0 aliphatic rings. The van der Waals surface area contributed by atoms with Crippen LogP contribution in [-0.2, 0) is 28.6 Å². The molecule has 0 heterocycles. The monoisotopic (exact) mass is 737 g/mol. The second kappa shape index (κ2) is 42.2. The molecule has 0 amide bonds. The molecule has 0 aromatic carbocycles. The zero-order valence-electron chi connectivity index (χ0n) is 35.1. The highest BCUT2D eigenvalue weighted by atomic mass is 16.6. The van der Waals surface area contributed by atoms with Crippen LogP contribution in [-0.4, -0.2) is 37.2 Å². The van der Waals surface area contributed by atoms with Crippen molar-refractivity contribution in [3.63, 3.8) is 0 Å². The molecule has 0 aromatic heterocycles. The van der Waals surface area contributed by atoms with E-state index < -0.39 is 6.10 Å². The summed E-state index contributed by atoms with van der Waals surface area (Å²) in [6.45, 7) is 6.63. The molecule has 0 aromatic rings. The molecule has 0 aliphatic carbocycles. The van der Waals surface area contributed by atoms with E-state index in [4.69, 9.17) is 14.2 Å². The second-order valence-corrected chi connectivity index (χ2v) is 15.7. The van der Waals surface area contributed by atoms with Crippen LogP contribution in [0.4, 0.5) is 0 Å². The Hall–Kier alpha value is -1.59. The number of hydrogen-bond donors (Lipinski definition) is 0. The summed E-state index contributed by atoms with van der Waals surface area (Å²) in [6, 6.07) is 0. The Labute approximate surface area is 323 Å². The molecule has 6 heteroatoms. The summed E-state index contributed by atoms with van der Waals surface area (Å²) >= 11 is 0. The van der Waals surface area contributed by atoms with E-state index in [0.29, 0.717) is 19.3 Å². The number of unbranched alkanes of at least 4 members (excludes halogenated alkanes) is 31. The van der Waals surface area contributed by atoms with Gasteiger partial charge in [0.25, 0.3) is 0 Å². The summed E-state index contributed by atoms with van der Waals surface area (Å²) < 4.78 is 16.7. The molecule has 0 fully saturated rings. The lowest BCUT2D eigenvalue weighted by molar-refractivity contribution is -0.167. The van der Waals surface area contributed by atoms with Crippen LogP contribution in [0.25, 0.3) is 0 Å². The molecular weight excluding hydrogens is 648 g/mol. The van der Waals surface area contributed by atoms with E-state index in [2.05, 4.69) is 20.8 Å². The zero-order chi connectivity index (χ0) is 38.0. The highest BCUT2D eigenvalue weighted by Crippen LogP contribution is 2.16. The van der Waals surface area contributed by atoms with Gasteiger partial charge in [-0.15, -0.1) is 0 Å².